The van der Waals surface area contributed by atoms with E-state index in [1.807, 2.05) is 18.5 Å². The number of aromatic nitrogens is 1. The molecular formula is C18H19NO2S. The fourth-order valence-electron chi connectivity index (χ4n) is 5.36. The van der Waals surface area contributed by atoms with E-state index in [0.717, 1.165) is 12.8 Å². The Kier molecular flexibility index (Phi) is 2.79. The summed E-state index contributed by atoms with van der Waals surface area (Å²) in [5.41, 5.74) is 1.04. The molecule has 1 N–H and O–H groups in total. The Balaban J connectivity index is 1.66. The summed E-state index contributed by atoms with van der Waals surface area (Å²) in [6, 6.07) is 8.50. The summed E-state index contributed by atoms with van der Waals surface area (Å²) in [6.45, 7) is 0. The van der Waals surface area contributed by atoms with Crippen molar-refractivity contribution in [2.45, 2.75) is 37.1 Å². The quantitative estimate of drug-likeness (QED) is 0.922. The molecule has 0 radical (unpaired) electrons. The van der Waals surface area contributed by atoms with Gasteiger partial charge in [-0.2, -0.15) is 0 Å². The van der Waals surface area contributed by atoms with Crippen LogP contribution in [0.5, 0.6) is 0 Å². The Morgan fingerprint density at radius 3 is 3.00 bits per heavy atom. The lowest BCUT2D eigenvalue weighted by molar-refractivity contribution is -0.159. The van der Waals surface area contributed by atoms with Crippen molar-refractivity contribution >= 4 is 11.3 Å². The number of hydrogen-bond donors (Lipinski definition) is 1. The standard InChI is InChI=1S/C18H19NO2S/c20-17-13-6-5-11-9-18(21-17,14-4-2-8-22-14)16(13)15(11)12-3-1-7-19-10-12/h1-4,7-8,10-11,13,15-17,20H,5-6,9H2/t11-,13-,15+,16-,17-,18-/m1/s1. The maximum absolute atomic E-state index is 10.5. The molecule has 0 amide bonds. The Labute approximate surface area is 134 Å². The number of hydrogen-bond acceptors (Lipinski definition) is 4. The Hall–Kier alpha value is -1.23. The van der Waals surface area contributed by atoms with E-state index in [9.17, 15) is 5.11 Å². The first kappa shape index (κ1) is 13.2. The normalized spacial score (nSPS) is 42.7. The minimum Gasteiger partial charge on any atom is -0.368 e. The van der Waals surface area contributed by atoms with Gasteiger partial charge in [0.15, 0.2) is 6.29 Å². The summed E-state index contributed by atoms with van der Waals surface area (Å²) in [6.07, 6.45) is 6.53. The van der Waals surface area contributed by atoms with Crippen LogP contribution in [0.25, 0.3) is 0 Å². The molecule has 4 heteroatoms. The van der Waals surface area contributed by atoms with E-state index in [1.165, 1.54) is 16.9 Å². The van der Waals surface area contributed by atoms with Crippen LogP contribution in [0.2, 0.25) is 0 Å². The molecule has 2 aromatic rings. The van der Waals surface area contributed by atoms with Gasteiger partial charge < -0.3 is 9.84 Å². The highest BCUT2D eigenvalue weighted by Gasteiger charge is 2.67. The number of fused-ring (bicyclic) bond motifs is 1. The van der Waals surface area contributed by atoms with E-state index < -0.39 is 6.29 Å². The van der Waals surface area contributed by atoms with E-state index in [0.29, 0.717) is 17.8 Å². The highest BCUT2D eigenvalue weighted by atomic mass is 32.1. The molecule has 1 aliphatic heterocycles. The summed E-state index contributed by atoms with van der Waals surface area (Å²) in [7, 11) is 0. The molecule has 3 heterocycles. The van der Waals surface area contributed by atoms with Gasteiger partial charge in [-0.1, -0.05) is 12.1 Å². The first-order valence-electron chi connectivity index (χ1n) is 8.09. The molecule has 2 aromatic heterocycles. The fraction of sp³-hybridized carbons (Fsp3) is 0.500. The van der Waals surface area contributed by atoms with Crippen molar-refractivity contribution in [1.29, 1.82) is 0 Å². The molecule has 2 saturated carbocycles. The van der Waals surface area contributed by atoms with Crippen LogP contribution < -0.4 is 0 Å². The first-order chi connectivity index (χ1) is 10.8. The maximum Gasteiger partial charge on any atom is 0.159 e. The lowest BCUT2D eigenvalue weighted by Gasteiger charge is -2.35. The van der Waals surface area contributed by atoms with E-state index in [2.05, 4.69) is 28.6 Å². The largest absolute Gasteiger partial charge is 0.368 e. The van der Waals surface area contributed by atoms with Gasteiger partial charge in [0.2, 0.25) is 0 Å². The third-order valence-electron chi connectivity index (χ3n) is 6.04. The van der Waals surface area contributed by atoms with Crippen LogP contribution >= 0.6 is 11.3 Å². The second kappa shape index (κ2) is 4.63. The van der Waals surface area contributed by atoms with Crippen LogP contribution in [0.15, 0.2) is 42.0 Å². The molecule has 1 saturated heterocycles. The molecule has 0 unspecified atom stereocenters. The molecule has 2 bridgehead atoms. The number of pyridine rings is 1. The number of nitrogens with zero attached hydrogens (tertiary/aromatic N) is 1. The third-order valence-corrected chi connectivity index (χ3v) is 7.06. The van der Waals surface area contributed by atoms with Crippen molar-refractivity contribution in [3.05, 3.63) is 52.5 Å². The van der Waals surface area contributed by atoms with Crippen molar-refractivity contribution in [2.24, 2.45) is 17.8 Å². The van der Waals surface area contributed by atoms with Gasteiger partial charge >= 0.3 is 0 Å². The molecule has 3 aliphatic rings. The molecular weight excluding hydrogens is 294 g/mol. The topological polar surface area (TPSA) is 42.4 Å². The predicted molar refractivity (Wildman–Crippen MR) is 84.4 cm³/mol. The van der Waals surface area contributed by atoms with Gasteiger partial charge in [-0.15, -0.1) is 11.3 Å². The minimum absolute atomic E-state index is 0.256. The highest BCUT2D eigenvalue weighted by molar-refractivity contribution is 7.10. The van der Waals surface area contributed by atoms with Crippen molar-refractivity contribution in [3.8, 4) is 0 Å². The average molecular weight is 313 g/mol. The predicted octanol–water partition coefficient (Wildman–Crippen LogP) is 3.52. The fourth-order valence-corrected chi connectivity index (χ4v) is 6.29. The highest BCUT2D eigenvalue weighted by Crippen LogP contribution is 2.68. The van der Waals surface area contributed by atoms with Crippen LogP contribution in [0, 0.1) is 17.8 Å². The van der Waals surface area contributed by atoms with E-state index in [1.54, 1.807) is 11.3 Å². The summed E-state index contributed by atoms with van der Waals surface area (Å²) < 4.78 is 6.25. The molecule has 2 aliphatic carbocycles. The smallest absolute Gasteiger partial charge is 0.159 e. The second-order valence-corrected chi connectivity index (χ2v) is 7.87. The average Bonchev–Trinajstić information content (AvgIpc) is 3.19. The molecule has 114 valence electrons. The lowest BCUT2D eigenvalue weighted by Crippen LogP contribution is -2.32. The van der Waals surface area contributed by atoms with Gasteiger partial charge in [0.25, 0.3) is 0 Å². The van der Waals surface area contributed by atoms with Gasteiger partial charge in [0.05, 0.1) is 0 Å². The monoisotopic (exact) mass is 313 g/mol. The molecule has 6 atom stereocenters. The summed E-state index contributed by atoms with van der Waals surface area (Å²) in [5, 5.41) is 12.6. The maximum atomic E-state index is 10.5. The van der Waals surface area contributed by atoms with E-state index >= 15 is 0 Å². The third kappa shape index (κ3) is 1.60. The van der Waals surface area contributed by atoms with Gasteiger partial charge in [0, 0.05) is 29.1 Å². The molecule has 3 fully saturated rings. The number of ether oxygens (including phenoxy) is 1. The zero-order valence-electron chi connectivity index (χ0n) is 12.3. The van der Waals surface area contributed by atoms with Gasteiger partial charge in [-0.05, 0) is 54.2 Å². The minimum atomic E-state index is -0.618. The van der Waals surface area contributed by atoms with Crippen molar-refractivity contribution in [1.82, 2.24) is 4.98 Å². The molecule has 22 heavy (non-hydrogen) atoms. The van der Waals surface area contributed by atoms with Crippen LogP contribution in [0.3, 0.4) is 0 Å². The van der Waals surface area contributed by atoms with Gasteiger partial charge in [0.1, 0.15) is 5.60 Å². The first-order valence-corrected chi connectivity index (χ1v) is 8.97. The van der Waals surface area contributed by atoms with Crippen LogP contribution in [-0.2, 0) is 10.3 Å². The number of thiophene rings is 1. The van der Waals surface area contributed by atoms with Crippen LogP contribution in [0.1, 0.15) is 35.6 Å². The zero-order chi connectivity index (χ0) is 14.7. The Morgan fingerprint density at radius 1 is 1.27 bits per heavy atom. The van der Waals surface area contributed by atoms with Crippen molar-refractivity contribution in [3.63, 3.8) is 0 Å². The van der Waals surface area contributed by atoms with Gasteiger partial charge in [-0.3, -0.25) is 4.98 Å². The summed E-state index contributed by atoms with van der Waals surface area (Å²) >= 11 is 1.77. The number of rotatable bonds is 2. The molecule has 0 spiro atoms. The SMILES string of the molecule is O[C@@H]1O[C@@]2(c3cccs3)C[C@H]3CC[C@@H]1[C@@H]2[C@@H]3c1cccnc1. The van der Waals surface area contributed by atoms with E-state index in [4.69, 9.17) is 4.74 Å². The zero-order valence-corrected chi connectivity index (χ0v) is 13.1. The summed E-state index contributed by atoms with van der Waals surface area (Å²) in [5.74, 6) is 1.74. The van der Waals surface area contributed by atoms with Crippen LogP contribution in [-0.4, -0.2) is 16.4 Å². The number of aliphatic hydroxyl groups excluding tert-OH is 1. The molecule has 5 rings (SSSR count). The van der Waals surface area contributed by atoms with Crippen molar-refractivity contribution in [2.75, 3.05) is 0 Å². The second-order valence-electron chi connectivity index (χ2n) is 6.92. The summed E-state index contributed by atoms with van der Waals surface area (Å²) in [4.78, 5) is 5.62. The van der Waals surface area contributed by atoms with Crippen LogP contribution in [0.4, 0.5) is 0 Å². The van der Waals surface area contributed by atoms with Crippen molar-refractivity contribution < 1.29 is 9.84 Å². The lowest BCUT2D eigenvalue weighted by atomic mass is 9.68. The van der Waals surface area contributed by atoms with E-state index in [-0.39, 0.29) is 11.5 Å². The molecule has 3 nitrogen and oxygen atoms in total. The molecule has 0 aromatic carbocycles. The Bertz CT molecular complexity index is 674. The van der Waals surface area contributed by atoms with Gasteiger partial charge in [-0.25, -0.2) is 0 Å². The number of aliphatic hydroxyl groups is 1. The Morgan fingerprint density at radius 2 is 2.23 bits per heavy atom.